The third kappa shape index (κ3) is 5.48. The van der Waals surface area contributed by atoms with Gasteiger partial charge in [-0.05, 0) is 30.5 Å². The van der Waals surface area contributed by atoms with E-state index in [9.17, 15) is 4.39 Å². The van der Waals surface area contributed by atoms with E-state index in [0.717, 1.165) is 32.5 Å². The molecule has 0 radical (unpaired) electrons. The lowest BCUT2D eigenvalue weighted by molar-refractivity contribution is 0.206. The van der Waals surface area contributed by atoms with Crippen molar-refractivity contribution in [2.45, 2.75) is 31.5 Å². The van der Waals surface area contributed by atoms with Crippen LogP contribution in [0.3, 0.4) is 0 Å². The Hall–Kier alpha value is -2.55. The third-order valence-electron chi connectivity index (χ3n) is 4.86. The molecule has 28 heavy (non-hydrogen) atoms. The van der Waals surface area contributed by atoms with Crippen molar-refractivity contribution >= 4 is 17.6 Å². The first kappa shape index (κ1) is 20.2. The molecule has 146 valence electrons. The Kier molecular flexibility index (Phi) is 6.91. The highest BCUT2D eigenvalue weighted by Crippen LogP contribution is 2.21. The predicted molar refractivity (Wildman–Crippen MR) is 112 cm³/mol. The maximum absolute atomic E-state index is 14.1. The lowest BCUT2D eigenvalue weighted by atomic mass is 10.0. The average Bonchev–Trinajstić information content (AvgIpc) is 2.69. The zero-order valence-corrected chi connectivity index (χ0v) is 16.4. The number of terminal acetylenes is 1. The molecule has 6 heteroatoms. The summed E-state index contributed by atoms with van der Waals surface area (Å²) in [5.41, 5.74) is 7.67. The van der Waals surface area contributed by atoms with Crippen LogP contribution >= 0.6 is 11.6 Å². The van der Waals surface area contributed by atoms with Crippen LogP contribution in [-0.2, 0) is 6.54 Å². The second kappa shape index (κ2) is 9.59. The molecule has 3 rings (SSSR count). The number of hydrogen-bond acceptors (Lipinski definition) is 2. The predicted octanol–water partition coefficient (Wildman–Crippen LogP) is 3.72. The zero-order chi connectivity index (χ0) is 19.9. The molecule has 0 saturated carbocycles. The average molecular weight is 399 g/mol. The van der Waals surface area contributed by atoms with Crippen LogP contribution in [0.2, 0.25) is 5.02 Å². The smallest absolute Gasteiger partial charge is 0.190 e. The molecule has 1 fully saturated rings. The van der Waals surface area contributed by atoms with Crippen LogP contribution in [0.15, 0.2) is 53.5 Å². The largest absolute Gasteiger partial charge is 0.370 e. The minimum Gasteiger partial charge on any atom is -0.370 e. The van der Waals surface area contributed by atoms with Gasteiger partial charge in [0.2, 0.25) is 0 Å². The number of nitrogens with one attached hydrogen (secondary N) is 1. The first-order valence-corrected chi connectivity index (χ1v) is 9.70. The summed E-state index contributed by atoms with van der Waals surface area (Å²) < 4.78 is 14.1. The minimum absolute atomic E-state index is 0.132. The lowest BCUT2D eigenvalue weighted by Gasteiger charge is -2.30. The van der Waals surface area contributed by atoms with E-state index < -0.39 is 11.9 Å². The van der Waals surface area contributed by atoms with Crippen LogP contribution in [0.1, 0.15) is 30.0 Å². The summed E-state index contributed by atoms with van der Waals surface area (Å²) in [5, 5.41) is 3.26. The van der Waals surface area contributed by atoms with E-state index in [2.05, 4.69) is 45.4 Å². The molecule has 1 atom stereocenters. The fourth-order valence-corrected chi connectivity index (χ4v) is 3.53. The summed E-state index contributed by atoms with van der Waals surface area (Å²) in [6.45, 7) is 2.86. The quantitative estimate of drug-likeness (QED) is 0.458. The van der Waals surface area contributed by atoms with Crippen molar-refractivity contribution < 1.29 is 4.39 Å². The second-order valence-electron chi connectivity index (χ2n) is 6.92. The number of likely N-dealkylation sites (tertiary alicyclic amines) is 1. The van der Waals surface area contributed by atoms with Gasteiger partial charge in [-0.15, -0.1) is 6.42 Å². The number of guanidine groups is 1. The van der Waals surface area contributed by atoms with Crippen molar-refractivity contribution in [3.8, 4) is 12.3 Å². The molecule has 1 heterocycles. The Morgan fingerprint density at radius 2 is 2.00 bits per heavy atom. The summed E-state index contributed by atoms with van der Waals surface area (Å²) in [4.78, 5) is 6.97. The maximum atomic E-state index is 14.1. The van der Waals surface area contributed by atoms with Gasteiger partial charge in [0.1, 0.15) is 11.9 Å². The van der Waals surface area contributed by atoms with Gasteiger partial charge in [0.25, 0.3) is 0 Å². The number of aliphatic imine (C=N–C) groups is 1. The highest BCUT2D eigenvalue weighted by Gasteiger charge is 2.20. The molecule has 2 aromatic carbocycles. The van der Waals surface area contributed by atoms with Crippen LogP contribution in [0.25, 0.3) is 0 Å². The van der Waals surface area contributed by atoms with E-state index in [1.54, 1.807) is 12.1 Å². The standard InChI is InChI=1S/C22H24ClFN4/c1-2-21(19-9-8-17(23)14-20(19)24)27-22(25)26-18-10-12-28(13-11-18)15-16-6-4-3-5-7-16/h1,3-9,14,18,21H,10-13,15H2,(H3,25,26,27). The van der Waals surface area contributed by atoms with E-state index in [0.29, 0.717) is 10.6 Å². The summed E-state index contributed by atoms with van der Waals surface area (Å²) in [6, 6.07) is 14.3. The number of nitrogens with two attached hydrogens (primary N) is 1. The van der Waals surface area contributed by atoms with Gasteiger partial charge in [-0.2, -0.15) is 0 Å². The van der Waals surface area contributed by atoms with Gasteiger partial charge in [-0.3, -0.25) is 4.90 Å². The van der Waals surface area contributed by atoms with E-state index in [-0.39, 0.29) is 12.0 Å². The Balaban J connectivity index is 1.54. The molecule has 4 nitrogen and oxygen atoms in total. The van der Waals surface area contributed by atoms with Gasteiger partial charge in [0.05, 0.1) is 6.04 Å². The molecule has 0 aromatic heterocycles. The highest BCUT2D eigenvalue weighted by atomic mass is 35.5. The van der Waals surface area contributed by atoms with Crippen LogP contribution in [0, 0.1) is 18.2 Å². The summed E-state index contributed by atoms with van der Waals surface area (Å²) in [7, 11) is 0. The van der Waals surface area contributed by atoms with Gasteiger partial charge >= 0.3 is 0 Å². The van der Waals surface area contributed by atoms with Crippen LogP contribution < -0.4 is 11.1 Å². The first-order valence-electron chi connectivity index (χ1n) is 9.32. The van der Waals surface area contributed by atoms with E-state index >= 15 is 0 Å². The van der Waals surface area contributed by atoms with Gasteiger partial charge in [-0.1, -0.05) is 53.9 Å². The van der Waals surface area contributed by atoms with Gasteiger partial charge in [0, 0.05) is 30.2 Å². The van der Waals surface area contributed by atoms with Crippen molar-refractivity contribution in [2.75, 3.05) is 13.1 Å². The van der Waals surface area contributed by atoms with Crippen LogP contribution in [-0.4, -0.2) is 30.0 Å². The molecule has 1 aliphatic rings. The molecule has 2 aromatic rings. The molecule has 0 amide bonds. The van der Waals surface area contributed by atoms with Crippen LogP contribution in [0.5, 0.6) is 0 Å². The van der Waals surface area contributed by atoms with Crippen molar-refractivity contribution in [3.63, 3.8) is 0 Å². The Morgan fingerprint density at radius 1 is 1.29 bits per heavy atom. The highest BCUT2D eigenvalue weighted by molar-refractivity contribution is 6.30. The summed E-state index contributed by atoms with van der Waals surface area (Å²) in [6.07, 6.45) is 7.40. The number of halogens is 2. The third-order valence-corrected chi connectivity index (χ3v) is 5.10. The van der Waals surface area contributed by atoms with E-state index in [1.807, 2.05) is 6.07 Å². The lowest BCUT2D eigenvalue weighted by Crippen LogP contribution is -2.39. The molecule has 1 unspecified atom stereocenters. The SMILES string of the molecule is C#CC(NC(N)=NC1CCN(Cc2ccccc2)CC1)c1ccc(Cl)cc1F. The van der Waals surface area contributed by atoms with E-state index in [4.69, 9.17) is 23.8 Å². The molecule has 0 bridgehead atoms. The molecular formula is C22H24ClFN4. The Morgan fingerprint density at radius 3 is 2.64 bits per heavy atom. The fraction of sp³-hybridized carbons (Fsp3) is 0.318. The topological polar surface area (TPSA) is 53.6 Å². The number of nitrogens with zero attached hydrogens (tertiary/aromatic N) is 2. The number of hydrogen-bond donors (Lipinski definition) is 2. The van der Waals surface area contributed by atoms with Gasteiger partial charge < -0.3 is 11.1 Å². The van der Waals surface area contributed by atoms with Crippen LogP contribution in [0.4, 0.5) is 4.39 Å². The number of benzene rings is 2. The van der Waals surface area contributed by atoms with Crippen molar-refractivity contribution in [1.82, 2.24) is 10.2 Å². The normalized spacial score (nSPS) is 17.1. The maximum Gasteiger partial charge on any atom is 0.190 e. The molecule has 1 aliphatic heterocycles. The van der Waals surface area contributed by atoms with Crippen molar-refractivity contribution in [3.05, 3.63) is 70.5 Å². The molecular weight excluding hydrogens is 375 g/mol. The molecule has 0 spiro atoms. The molecule has 1 saturated heterocycles. The number of piperidine rings is 1. The number of rotatable bonds is 5. The van der Waals surface area contributed by atoms with Crippen molar-refractivity contribution in [1.29, 1.82) is 0 Å². The van der Waals surface area contributed by atoms with E-state index in [1.165, 1.54) is 11.6 Å². The summed E-state index contributed by atoms with van der Waals surface area (Å²) >= 11 is 5.80. The fourth-order valence-electron chi connectivity index (χ4n) is 3.37. The van der Waals surface area contributed by atoms with Crippen molar-refractivity contribution in [2.24, 2.45) is 10.7 Å². The monoisotopic (exact) mass is 398 g/mol. The first-order chi connectivity index (χ1) is 13.5. The van der Waals surface area contributed by atoms with Gasteiger partial charge in [-0.25, -0.2) is 9.38 Å². The van der Waals surface area contributed by atoms with Gasteiger partial charge in [0.15, 0.2) is 5.96 Å². The molecule has 3 N–H and O–H groups in total. The second-order valence-corrected chi connectivity index (χ2v) is 7.35. The molecule has 0 aliphatic carbocycles. The minimum atomic E-state index is -0.695. The zero-order valence-electron chi connectivity index (χ0n) is 15.6. The Labute approximate surface area is 170 Å². The Bertz CT molecular complexity index is 855. The summed E-state index contributed by atoms with van der Waals surface area (Å²) in [5.74, 6) is 2.29.